The summed E-state index contributed by atoms with van der Waals surface area (Å²) in [5.41, 5.74) is 1.15. The molecular formula is C16H23NO2. The summed E-state index contributed by atoms with van der Waals surface area (Å²) >= 11 is 0. The molecule has 0 bridgehead atoms. The molecule has 104 valence electrons. The highest BCUT2D eigenvalue weighted by molar-refractivity contribution is 5.47. The number of rotatable bonds is 4. The van der Waals surface area contributed by atoms with Crippen LogP contribution in [0.1, 0.15) is 39.0 Å². The van der Waals surface area contributed by atoms with E-state index in [-0.39, 0.29) is 0 Å². The van der Waals surface area contributed by atoms with Crippen molar-refractivity contribution in [3.63, 3.8) is 0 Å². The monoisotopic (exact) mass is 261 g/mol. The second kappa shape index (κ2) is 5.83. The molecule has 0 spiro atoms. The molecular weight excluding hydrogens is 238 g/mol. The minimum atomic E-state index is 0.300. The number of benzene rings is 1. The first-order valence-corrected chi connectivity index (χ1v) is 7.46. The Bertz CT molecular complexity index is 398. The lowest BCUT2D eigenvalue weighted by molar-refractivity contribution is 0.121. The lowest BCUT2D eigenvalue weighted by atomic mass is 10.1. The van der Waals surface area contributed by atoms with Crippen molar-refractivity contribution in [1.82, 2.24) is 0 Å². The van der Waals surface area contributed by atoms with Gasteiger partial charge in [0.2, 0.25) is 0 Å². The van der Waals surface area contributed by atoms with Gasteiger partial charge in [0.15, 0.2) is 0 Å². The fourth-order valence-electron chi connectivity index (χ4n) is 2.96. The molecule has 0 radical (unpaired) electrons. The van der Waals surface area contributed by atoms with E-state index < -0.39 is 0 Å². The van der Waals surface area contributed by atoms with Crippen molar-refractivity contribution in [2.75, 3.05) is 11.9 Å². The van der Waals surface area contributed by atoms with Gasteiger partial charge in [-0.15, -0.1) is 0 Å². The molecule has 2 fully saturated rings. The Morgan fingerprint density at radius 2 is 1.84 bits per heavy atom. The maximum atomic E-state index is 5.97. The van der Waals surface area contributed by atoms with E-state index >= 15 is 0 Å². The van der Waals surface area contributed by atoms with Gasteiger partial charge in [-0.3, -0.25) is 0 Å². The zero-order chi connectivity index (χ0) is 13.1. The maximum Gasteiger partial charge on any atom is 0.119 e. The van der Waals surface area contributed by atoms with Crippen LogP contribution in [0.5, 0.6) is 5.75 Å². The van der Waals surface area contributed by atoms with Crippen LogP contribution in [0.25, 0.3) is 0 Å². The minimum Gasteiger partial charge on any atom is -0.490 e. The quantitative estimate of drug-likeness (QED) is 0.898. The standard InChI is InChI=1S/C16H23NO2/c1-12-16(10-11-18-12)17-13-6-8-15(9-7-13)19-14-4-2-3-5-14/h6-9,12,14,16-17H,2-5,10-11H2,1H3. The second-order valence-electron chi connectivity index (χ2n) is 5.66. The van der Waals surface area contributed by atoms with Gasteiger partial charge in [0.25, 0.3) is 0 Å². The number of hydrogen-bond acceptors (Lipinski definition) is 3. The van der Waals surface area contributed by atoms with Gasteiger partial charge in [0.1, 0.15) is 5.75 Å². The van der Waals surface area contributed by atoms with Crippen LogP contribution in [0.4, 0.5) is 5.69 Å². The Morgan fingerprint density at radius 3 is 2.47 bits per heavy atom. The number of hydrogen-bond donors (Lipinski definition) is 1. The van der Waals surface area contributed by atoms with Gasteiger partial charge < -0.3 is 14.8 Å². The van der Waals surface area contributed by atoms with Crippen molar-refractivity contribution in [1.29, 1.82) is 0 Å². The van der Waals surface area contributed by atoms with Gasteiger partial charge in [-0.2, -0.15) is 0 Å². The lowest BCUT2D eigenvalue weighted by Gasteiger charge is -2.18. The molecule has 0 amide bonds. The number of ether oxygens (including phenoxy) is 2. The predicted molar refractivity (Wildman–Crippen MR) is 76.8 cm³/mol. The molecule has 2 aliphatic rings. The molecule has 2 atom stereocenters. The van der Waals surface area contributed by atoms with E-state index in [9.17, 15) is 0 Å². The largest absolute Gasteiger partial charge is 0.490 e. The summed E-state index contributed by atoms with van der Waals surface area (Å²) in [4.78, 5) is 0. The zero-order valence-corrected chi connectivity index (χ0v) is 11.6. The normalized spacial score (nSPS) is 27.6. The molecule has 1 aliphatic carbocycles. The molecule has 1 aromatic carbocycles. The summed E-state index contributed by atoms with van der Waals surface area (Å²) in [5.74, 6) is 0.994. The Hall–Kier alpha value is -1.22. The molecule has 3 nitrogen and oxygen atoms in total. The van der Waals surface area contributed by atoms with E-state index in [0.29, 0.717) is 18.2 Å². The average Bonchev–Trinajstić information content (AvgIpc) is 3.05. The van der Waals surface area contributed by atoms with Crippen LogP contribution in [0.15, 0.2) is 24.3 Å². The summed E-state index contributed by atoms with van der Waals surface area (Å²) in [6.45, 7) is 2.99. The first-order valence-electron chi connectivity index (χ1n) is 7.46. The van der Waals surface area contributed by atoms with Gasteiger partial charge in [-0.05, 0) is 63.3 Å². The Labute approximate surface area is 115 Å². The van der Waals surface area contributed by atoms with Crippen LogP contribution in [0.2, 0.25) is 0 Å². The Morgan fingerprint density at radius 1 is 1.11 bits per heavy atom. The minimum absolute atomic E-state index is 0.300. The number of nitrogens with one attached hydrogen (secondary N) is 1. The third kappa shape index (κ3) is 3.21. The van der Waals surface area contributed by atoms with E-state index in [1.54, 1.807) is 0 Å². The smallest absolute Gasteiger partial charge is 0.119 e. The van der Waals surface area contributed by atoms with Crippen LogP contribution < -0.4 is 10.1 Å². The lowest BCUT2D eigenvalue weighted by Crippen LogP contribution is -2.26. The van der Waals surface area contributed by atoms with Crippen molar-refractivity contribution in [2.24, 2.45) is 0 Å². The van der Waals surface area contributed by atoms with Gasteiger partial charge in [-0.1, -0.05) is 0 Å². The average molecular weight is 261 g/mol. The van der Waals surface area contributed by atoms with Crippen molar-refractivity contribution in [2.45, 2.75) is 57.3 Å². The SMILES string of the molecule is CC1OCCC1Nc1ccc(OC2CCCC2)cc1. The summed E-state index contributed by atoms with van der Waals surface area (Å²) in [6.07, 6.45) is 6.85. The summed E-state index contributed by atoms with van der Waals surface area (Å²) in [5, 5.41) is 3.53. The predicted octanol–water partition coefficient (Wildman–Crippen LogP) is 3.60. The van der Waals surface area contributed by atoms with E-state index in [2.05, 4.69) is 36.5 Å². The van der Waals surface area contributed by atoms with E-state index in [1.807, 2.05) is 0 Å². The molecule has 19 heavy (non-hydrogen) atoms. The molecule has 1 aromatic rings. The number of anilines is 1. The van der Waals surface area contributed by atoms with Crippen LogP contribution in [0.3, 0.4) is 0 Å². The summed E-state index contributed by atoms with van der Waals surface area (Å²) < 4.78 is 11.5. The van der Waals surface area contributed by atoms with E-state index in [0.717, 1.165) is 24.5 Å². The summed E-state index contributed by atoms with van der Waals surface area (Å²) in [7, 11) is 0. The van der Waals surface area contributed by atoms with Crippen LogP contribution in [0, 0.1) is 0 Å². The van der Waals surface area contributed by atoms with E-state index in [1.165, 1.54) is 25.7 Å². The van der Waals surface area contributed by atoms with Gasteiger partial charge in [-0.25, -0.2) is 0 Å². The second-order valence-corrected chi connectivity index (χ2v) is 5.66. The van der Waals surface area contributed by atoms with Crippen molar-refractivity contribution in [3.05, 3.63) is 24.3 Å². The van der Waals surface area contributed by atoms with Crippen LogP contribution in [-0.4, -0.2) is 24.9 Å². The van der Waals surface area contributed by atoms with Crippen molar-refractivity contribution >= 4 is 5.69 Å². The summed E-state index contributed by atoms with van der Waals surface area (Å²) in [6, 6.07) is 8.79. The first kappa shape index (κ1) is 12.8. The van der Waals surface area contributed by atoms with Gasteiger partial charge in [0.05, 0.1) is 18.2 Å². The Balaban J connectivity index is 1.55. The molecule has 2 unspecified atom stereocenters. The highest BCUT2D eigenvalue weighted by atomic mass is 16.5. The maximum absolute atomic E-state index is 5.97. The molecule has 3 heteroatoms. The Kier molecular flexibility index (Phi) is 3.92. The topological polar surface area (TPSA) is 30.5 Å². The van der Waals surface area contributed by atoms with Crippen LogP contribution >= 0.6 is 0 Å². The third-order valence-corrected chi connectivity index (χ3v) is 4.19. The molecule has 1 saturated carbocycles. The molecule has 1 heterocycles. The van der Waals surface area contributed by atoms with Gasteiger partial charge >= 0.3 is 0 Å². The van der Waals surface area contributed by atoms with Crippen molar-refractivity contribution in [3.8, 4) is 5.75 Å². The third-order valence-electron chi connectivity index (χ3n) is 4.19. The molecule has 1 N–H and O–H groups in total. The molecule has 1 aliphatic heterocycles. The highest BCUT2D eigenvalue weighted by Crippen LogP contribution is 2.26. The van der Waals surface area contributed by atoms with Crippen LogP contribution in [-0.2, 0) is 4.74 Å². The fourth-order valence-corrected chi connectivity index (χ4v) is 2.96. The van der Waals surface area contributed by atoms with E-state index in [4.69, 9.17) is 9.47 Å². The molecule has 3 rings (SSSR count). The highest BCUT2D eigenvalue weighted by Gasteiger charge is 2.23. The van der Waals surface area contributed by atoms with Crippen molar-refractivity contribution < 1.29 is 9.47 Å². The molecule has 1 saturated heterocycles. The first-order chi connectivity index (χ1) is 9.31. The fraction of sp³-hybridized carbons (Fsp3) is 0.625. The van der Waals surface area contributed by atoms with Gasteiger partial charge in [0, 0.05) is 12.3 Å². The molecule has 0 aromatic heterocycles. The zero-order valence-electron chi connectivity index (χ0n) is 11.6.